The van der Waals surface area contributed by atoms with Gasteiger partial charge in [0, 0.05) is 11.8 Å². The van der Waals surface area contributed by atoms with Gasteiger partial charge in [0.05, 0.1) is 13.7 Å². The third-order valence-corrected chi connectivity index (χ3v) is 5.89. The van der Waals surface area contributed by atoms with E-state index in [1.54, 1.807) is 36.4 Å². The molecule has 1 amide bonds. The molecule has 170 valence electrons. The Morgan fingerprint density at radius 2 is 1.85 bits per heavy atom. The van der Waals surface area contributed by atoms with Gasteiger partial charge in [0.1, 0.15) is 11.3 Å². The van der Waals surface area contributed by atoms with Crippen LogP contribution in [0.1, 0.15) is 11.5 Å². The minimum atomic E-state index is -4.17. The van der Waals surface area contributed by atoms with Gasteiger partial charge in [-0.3, -0.25) is 9.10 Å². The van der Waals surface area contributed by atoms with Crippen molar-refractivity contribution in [3.63, 3.8) is 0 Å². The van der Waals surface area contributed by atoms with Gasteiger partial charge in [-0.2, -0.15) is 13.4 Å². The number of nitrogens with one attached hydrogen (secondary N) is 1. The highest BCUT2D eigenvalue weighted by molar-refractivity contribution is 7.87. The fourth-order valence-corrected chi connectivity index (χ4v) is 3.94. The maximum absolute atomic E-state index is 12.5. The largest absolute Gasteiger partial charge is 0.497 e. The number of benzene rings is 2. The summed E-state index contributed by atoms with van der Waals surface area (Å²) in [5.74, 6) is -1.21. The van der Waals surface area contributed by atoms with Gasteiger partial charge in [0.25, 0.3) is 11.8 Å². The summed E-state index contributed by atoms with van der Waals surface area (Å²) in [4.78, 5) is 28.8. The molecule has 0 saturated heterocycles. The van der Waals surface area contributed by atoms with E-state index in [4.69, 9.17) is 14.0 Å². The van der Waals surface area contributed by atoms with Gasteiger partial charge in [-0.1, -0.05) is 47.6 Å². The first-order chi connectivity index (χ1) is 15.9. The Morgan fingerprint density at radius 1 is 1.12 bits per heavy atom. The Kier molecular flexibility index (Phi) is 6.09. The van der Waals surface area contributed by atoms with Crippen LogP contribution >= 0.6 is 0 Å². The van der Waals surface area contributed by atoms with E-state index in [-0.39, 0.29) is 12.4 Å². The molecule has 4 rings (SSSR count). The van der Waals surface area contributed by atoms with E-state index in [9.17, 15) is 18.0 Å². The number of aromatic nitrogens is 2. The molecule has 0 unspecified atom stereocenters. The molecule has 2 aromatic carbocycles. The zero-order chi connectivity index (χ0) is 23.4. The highest BCUT2D eigenvalue weighted by Gasteiger charge is 2.34. The van der Waals surface area contributed by atoms with Crippen LogP contribution in [0.3, 0.4) is 0 Å². The summed E-state index contributed by atoms with van der Waals surface area (Å²) in [6.45, 7) is -0.512. The lowest BCUT2D eigenvalue weighted by atomic mass is 10.2. The van der Waals surface area contributed by atoms with Crippen molar-refractivity contribution in [1.82, 2.24) is 19.2 Å². The van der Waals surface area contributed by atoms with Gasteiger partial charge >= 0.3 is 16.2 Å². The van der Waals surface area contributed by atoms with Crippen molar-refractivity contribution in [3.05, 3.63) is 77.8 Å². The Labute approximate surface area is 188 Å². The zero-order valence-electron chi connectivity index (χ0n) is 17.3. The van der Waals surface area contributed by atoms with Crippen molar-refractivity contribution in [1.29, 1.82) is 0 Å². The van der Waals surface area contributed by atoms with Crippen LogP contribution in [0.2, 0.25) is 0 Å². The zero-order valence-corrected chi connectivity index (χ0v) is 18.1. The molecule has 3 aromatic rings. The summed E-state index contributed by atoms with van der Waals surface area (Å²) in [6.07, 6.45) is 0.934. The van der Waals surface area contributed by atoms with E-state index < -0.39 is 34.3 Å². The third kappa shape index (κ3) is 5.01. The molecule has 0 bridgehead atoms. The lowest BCUT2D eigenvalue weighted by Crippen LogP contribution is -2.47. The van der Waals surface area contributed by atoms with Gasteiger partial charge < -0.3 is 14.0 Å². The first-order valence-electron chi connectivity index (χ1n) is 9.59. The molecule has 1 aliphatic rings. The number of carbonyl (C=O) groups is 2. The summed E-state index contributed by atoms with van der Waals surface area (Å²) in [5, 5.41) is 3.81. The summed E-state index contributed by atoms with van der Waals surface area (Å²) in [7, 11) is -2.66. The number of hydrogen-bond donors (Lipinski definition) is 1. The van der Waals surface area contributed by atoms with Gasteiger partial charge in [-0.05, 0) is 17.7 Å². The van der Waals surface area contributed by atoms with Gasteiger partial charge in [-0.25, -0.2) is 9.52 Å². The molecule has 1 aromatic heterocycles. The van der Waals surface area contributed by atoms with Crippen LogP contribution in [-0.2, 0) is 37.7 Å². The van der Waals surface area contributed by atoms with Gasteiger partial charge in [-0.15, -0.1) is 0 Å². The summed E-state index contributed by atoms with van der Waals surface area (Å²) >= 11 is 0. The SMILES string of the molecule is COc1ccc(CN2C=C(C(=O)OCc3nc(-c4ccccc4)no3)C(=O)NS2(=O)=O)cc1. The van der Waals surface area contributed by atoms with Crippen LogP contribution in [0.4, 0.5) is 0 Å². The molecule has 0 spiro atoms. The molecule has 1 N–H and O–H groups in total. The van der Waals surface area contributed by atoms with E-state index >= 15 is 0 Å². The number of nitrogens with zero attached hydrogens (tertiary/aromatic N) is 3. The van der Waals surface area contributed by atoms with E-state index in [0.29, 0.717) is 22.7 Å². The van der Waals surface area contributed by atoms with Crippen molar-refractivity contribution in [2.75, 3.05) is 7.11 Å². The standard InChI is InChI=1S/C21H18N4O7S/c1-30-16-9-7-14(8-10-16)11-25-12-17(20(26)24-33(25,28)29)21(27)31-13-18-22-19(23-32-18)15-5-3-2-4-6-15/h2-10,12H,11,13H2,1H3,(H,24,26). The number of ether oxygens (including phenoxy) is 2. The molecule has 2 heterocycles. The fourth-order valence-electron chi connectivity index (χ4n) is 2.91. The number of esters is 1. The molecule has 0 saturated carbocycles. The van der Waals surface area contributed by atoms with Gasteiger partial charge in [0.2, 0.25) is 5.82 Å². The molecule has 12 heteroatoms. The highest BCUT2D eigenvalue weighted by Crippen LogP contribution is 2.19. The number of carbonyl (C=O) groups excluding carboxylic acids is 2. The molecule has 0 aliphatic carbocycles. The van der Waals surface area contributed by atoms with Crippen LogP contribution in [-0.4, -0.2) is 41.8 Å². The molecule has 33 heavy (non-hydrogen) atoms. The molecular weight excluding hydrogens is 452 g/mol. The van der Waals surface area contributed by atoms with Crippen molar-refractivity contribution in [2.45, 2.75) is 13.2 Å². The maximum Gasteiger partial charge on any atom is 0.345 e. The first kappa shape index (κ1) is 22.0. The summed E-state index contributed by atoms with van der Waals surface area (Å²) in [5.41, 5.74) is 0.840. The molecule has 0 atom stereocenters. The van der Waals surface area contributed by atoms with Gasteiger partial charge in [0.15, 0.2) is 6.61 Å². The van der Waals surface area contributed by atoms with Crippen LogP contribution in [0.15, 0.2) is 70.9 Å². The topological polar surface area (TPSA) is 141 Å². The average Bonchev–Trinajstić information content (AvgIpc) is 3.29. The number of methoxy groups -OCH3 is 1. The lowest BCUT2D eigenvalue weighted by Gasteiger charge is -2.25. The number of rotatable bonds is 7. The Hall–Kier alpha value is -4.19. The van der Waals surface area contributed by atoms with E-state index in [1.165, 1.54) is 7.11 Å². The second-order valence-electron chi connectivity index (χ2n) is 6.83. The number of hydrogen-bond acceptors (Lipinski definition) is 9. The second-order valence-corrected chi connectivity index (χ2v) is 8.45. The molecular formula is C21H18N4O7S. The third-order valence-electron chi connectivity index (χ3n) is 4.59. The van der Waals surface area contributed by atoms with Crippen LogP contribution in [0.5, 0.6) is 5.75 Å². The minimum absolute atomic E-state index is 0.0155. The van der Waals surface area contributed by atoms with Crippen LogP contribution in [0.25, 0.3) is 11.4 Å². The van der Waals surface area contributed by atoms with E-state index in [0.717, 1.165) is 10.5 Å². The van der Waals surface area contributed by atoms with Crippen LogP contribution in [0, 0.1) is 0 Å². The minimum Gasteiger partial charge on any atom is -0.497 e. The van der Waals surface area contributed by atoms with Crippen LogP contribution < -0.4 is 9.46 Å². The first-order valence-corrected chi connectivity index (χ1v) is 11.0. The molecule has 11 nitrogen and oxygen atoms in total. The van der Waals surface area contributed by atoms with E-state index in [1.807, 2.05) is 22.9 Å². The predicted octanol–water partition coefficient (Wildman–Crippen LogP) is 1.55. The van der Waals surface area contributed by atoms with Crippen molar-refractivity contribution in [2.24, 2.45) is 0 Å². The number of amides is 1. The van der Waals surface area contributed by atoms with Crippen molar-refractivity contribution in [3.8, 4) is 17.1 Å². The predicted molar refractivity (Wildman–Crippen MR) is 113 cm³/mol. The Bertz CT molecular complexity index is 1300. The van der Waals surface area contributed by atoms with Crippen molar-refractivity contribution >= 4 is 22.1 Å². The Balaban J connectivity index is 1.46. The smallest absolute Gasteiger partial charge is 0.345 e. The average molecular weight is 470 g/mol. The monoisotopic (exact) mass is 470 g/mol. The second kappa shape index (κ2) is 9.12. The fraction of sp³-hybridized carbons (Fsp3) is 0.143. The maximum atomic E-state index is 12.5. The lowest BCUT2D eigenvalue weighted by molar-refractivity contribution is -0.142. The molecule has 1 aliphatic heterocycles. The highest BCUT2D eigenvalue weighted by atomic mass is 32.2. The van der Waals surface area contributed by atoms with Crippen molar-refractivity contribution < 1.29 is 32.0 Å². The normalized spacial score (nSPS) is 14.9. The summed E-state index contributed by atoms with van der Waals surface area (Å²) < 4.78 is 42.6. The quantitative estimate of drug-likeness (QED) is 0.402. The van der Waals surface area contributed by atoms with E-state index in [2.05, 4.69) is 10.1 Å². The summed E-state index contributed by atoms with van der Waals surface area (Å²) in [6, 6.07) is 15.7. The molecule has 0 radical (unpaired) electrons. The Morgan fingerprint density at radius 3 is 2.55 bits per heavy atom. The molecule has 0 fully saturated rings.